The van der Waals surface area contributed by atoms with Crippen LogP contribution in [0.2, 0.25) is 0 Å². The van der Waals surface area contributed by atoms with E-state index in [0.29, 0.717) is 0 Å². The highest BCUT2D eigenvalue weighted by Crippen LogP contribution is 2.61. The molecule has 2 aliphatic rings. The maximum absolute atomic E-state index is 10.7. The first kappa shape index (κ1) is 12.8. The molecule has 1 aliphatic heterocycles. The minimum atomic E-state index is -0.702. The highest BCUT2D eigenvalue weighted by Gasteiger charge is 2.67. The molecule has 3 atom stereocenters. The molecule has 1 aromatic carbocycles. The maximum atomic E-state index is 10.7. The lowest BCUT2D eigenvalue weighted by molar-refractivity contribution is -0.0542. The summed E-state index contributed by atoms with van der Waals surface area (Å²) in [5, 5.41) is 10.7. The first-order valence-electron chi connectivity index (χ1n) is 6.90. The van der Waals surface area contributed by atoms with E-state index in [1.165, 1.54) is 0 Å². The van der Waals surface area contributed by atoms with Crippen LogP contribution in [-0.4, -0.2) is 23.4 Å². The molecular formula is C16H22O3. The molecule has 1 heterocycles. The van der Waals surface area contributed by atoms with Crippen molar-refractivity contribution in [2.75, 3.05) is 7.11 Å². The van der Waals surface area contributed by atoms with E-state index in [1.807, 2.05) is 26.8 Å². The van der Waals surface area contributed by atoms with Gasteiger partial charge >= 0.3 is 0 Å². The molecule has 1 aromatic rings. The summed E-state index contributed by atoms with van der Waals surface area (Å²) in [5.41, 5.74) is 0.964. The van der Waals surface area contributed by atoms with Gasteiger partial charge in [0.2, 0.25) is 0 Å². The predicted octanol–water partition coefficient (Wildman–Crippen LogP) is 3.03. The number of ether oxygens (including phenoxy) is 2. The first-order valence-corrected chi connectivity index (χ1v) is 6.90. The lowest BCUT2D eigenvalue weighted by Gasteiger charge is -2.31. The van der Waals surface area contributed by atoms with Crippen molar-refractivity contribution >= 4 is 0 Å². The van der Waals surface area contributed by atoms with E-state index in [-0.39, 0.29) is 11.8 Å². The van der Waals surface area contributed by atoms with E-state index >= 15 is 0 Å². The normalized spacial score (nSPS) is 34.6. The number of hydrogen-bond acceptors (Lipinski definition) is 3. The Bertz CT molecular complexity index is 535. The smallest absolute Gasteiger partial charge is 0.132 e. The summed E-state index contributed by atoms with van der Waals surface area (Å²) in [6, 6.07) is 4.09. The van der Waals surface area contributed by atoms with Gasteiger partial charge in [0.15, 0.2) is 0 Å². The molecule has 3 unspecified atom stereocenters. The molecule has 19 heavy (non-hydrogen) atoms. The topological polar surface area (TPSA) is 38.7 Å². The summed E-state index contributed by atoms with van der Waals surface area (Å²) in [6.07, 6.45) is 0.816. The van der Waals surface area contributed by atoms with Crippen LogP contribution in [0.15, 0.2) is 12.1 Å². The minimum absolute atomic E-state index is 0.274. The first-order chi connectivity index (χ1) is 8.80. The second-order valence-corrected chi connectivity index (χ2v) is 6.50. The zero-order valence-corrected chi connectivity index (χ0v) is 12.3. The average molecular weight is 262 g/mol. The van der Waals surface area contributed by atoms with Crippen molar-refractivity contribution in [1.29, 1.82) is 0 Å². The minimum Gasteiger partial charge on any atom is -0.496 e. The Morgan fingerprint density at radius 1 is 1.37 bits per heavy atom. The number of aliphatic hydroxyl groups is 1. The summed E-state index contributed by atoms with van der Waals surface area (Å²) in [6.45, 7) is 8.14. The van der Waals surface area contributed by atoms with Gasteiger partial charge in [-0.2, -0.15) is 0 Å². The second-order valence-electron chi connectivity index (χ2n) is 6.50. The summed E-state index contributed by atoms with van der Waals surface area (Å²) in [7, 11) is 1.69. The van der Waals surface area contributed by atoms with Crippen LogP contribution in [0.5, 0.6) is 11.5 Å². The van der Waals surface area contributed by atoms with E-state index in [0.717, 1.165) is 29.0 Å². The van der Waals surface area contributed by atoms with E-state index in [2.05, 4.69) is 13.0 Å². The third kappa shape index (κ3) is 1.61. The molecule has 1 N–H and O–H groups in total. The molecule has 0 aromatic heterocycles. The van der Waals surface area contributed by atoms with Crippen LogP contribution < -0.4 is 9.47 Å². The van der Waals surface area contributed by atoms with Gasteiger partial charge in [0, 0.05) is 11.5 Å². The van der Waals surface area contributed by atoms with Crippen molar-refractivity contribution < 1.29 is 14.6 Å². The third-order valence-electron chi connectivity index (χ3n) is 5.01. The summed E-state index contributed by atoms with van der Waals surface area (Å²) < 4.78 is 11.6. The quantitative estimate of drug-likeness (QED) is 0.845. The third-order valence-corrected chi connectivity index (χ3v) is 5.01. The fraction of sp³-hybridized carbons (Fsp3) is 0.625. The van der Waals surface area contributed by atoms with E-state index in [4.69, 9.17) is 9.47 Å². The lowest BCUT2D eigenvalue weighted by Crippen LogP contribution is -2.45. The number of benzene rings is 1. The highest BCUT2D eigenvalue weighted by molar-refractivity contribution is 5.50. The molecule has 1 aliphatic carbocycles. The zero-order valence-electron chi connectivity index (χ0n) is 12.3. The van der Waals surface area contributed by atoms with Gasteiger partial charge in [-0.1, -0.05) is 6.92 Å². The van der Waals surface area contributed by atoms with Crippen LogP contribution in [0.25, 0.3) is 0 Å². The van der Waals surface area contributed by atoms with Crippen molar-refractivity contribution in [3.63, 3.8) is 0 Å². The van der Waals surface area contributed by atoms with Crippen LogP contribution in [0, 0.1) is 12.8 Å². The van der Waals surface area contributed by atoms with Gasteiger partial charge in [0.25, 0.3) is 0 Å². The number of aryl methyl sites for hydroxylation is 1. The molecule has 3 heteroatoms. The fourth-order valence-electron chi connectivity index (χ4n) is 3.48. The molecule has 3 nitrogen and oxygen atoms in total. The summed E-state index contributed by atoms with van der Waals surface area (Å²) >= 11 is 0. The van der Waals surface area contributed by atoms with Crippen LogP contribution in [-0.2, 0) is 0 Å². The molecule has 0 radical (unpaired) electrons. The zero-order chi connectivity index (χ0) is 14.0. The van der Waals surface area contributed by atoms with E-state index < -0.39 is 11.2 Å². The van der Waals surface area contributed by atoms with Gasteiger partial charge in [0.05, 0.1) is 7.11 Å². The van der Waals surface area contributed by atoms with Crippen LogP contribution in [0.1, 0.15) is 44.2 Å². The van der Waals surface area contributed by atoms with Crippen LogP contribution in [0.4, 0.5) is 0 Å². The number of rotatable bonds is 1. The number of fused-ring (bicyclic) bond motifs is 2. The standard InChI is InChI=1S/C16H22O3/c1-9-6-14-11(7-13(9)18-5)10(2)12-8-16(12,17)15(3,4)19-14/h6-7,10,12,17H,8H2,1-5H3. The molecule has 104 valence electrons. The molecule has 1 fully saturated rings. The van der Waals surface area contributed by atoms with Gasteiger partial charge in [-0.05, 0) is 50.8 Å². The lowest BCUT2D eigenvalue weighted by atomic mass is 9.90. The Morgan fingerprint density at radius 3 is 2.68 bits per heavy atom. The van der Waals surface area contributed by atoms with Gasteiger partial charge in [0.1, 0.15) is 22.7 Å². The Balaban J connectivity index is 2.14. The second kappa shape index (κ2) is 3.66. The Hall–Kier alpha value is -1.22. The van der Waals surface area contributed by atoms with E-state index in [9.17, 15) is 5.11 Å². The van der Waals surface area contributed by atoms with Crippen molar-refractivity contribution in [3.8, 4) is 11.5 Å². The van der Waals surface area contributed by atoms with Crippen LogP contribution >= 0.6 is 0 Å². The summed E-state index contributed by atoms with van der Waals surface area (Å²) in [4.78, 5) is 0. The molecule has 0 amide bonds. The van der Waals surface area contributed by atoms with Gasteiger partial charge in [-0.25, -0.2) is 0 Å². The van der Waals surface area contributed by atoms with Gasteiger partial charge in [-0.3, -0.25) is 0 Å². The Morgan fingerprint density at radius 2 is 2.05 bits per heavy atom. The van der Waals surface area contributed by atoms with Crippen molar-refractivity contribution in [1.82, 2.24) is 0 Å². The number of methoxy groups -OCH3 is 1. The molecule has 0 bridgehead atoms. The summed E-state index contributed by atoms with van der Waals surface area (Å²) in [5.74, 6) is 2.34. The van der Waals surface area contributed by atoms with E-state index in [1.54, 1.807) is 7.11 Å². The molecular weight excluding hydrogens is 240 g/mol. The molecule has 1 saturated carbocycles. The number of hydrogen-bond donors (Lipinski definition) is 1. The fourth-order valence-corrected chi connectivity index (χ4v) is 3.48. The SMILES string of the molecule is COc1cc2c(cc1C)OC(C)(C)C1(O)CC1C2C. The Kier molecular flexibility index (Phi) is 2.47. The maximum Gasteiger partial charge on any atom is 0.132 e. The predicted molar refractivity (Wildman–Crippen MR) is 73.9 cm³/mol. The highest BCUT2D eigenvalue weighted by atomic mass is 16.5. The molecule has 0 saturated heterocycles. The van der Waals surface area contributed by atoms with Crippen molar-refractivity contribution in [2.45, 2.75) is 51.2 Å². The van der Waals surface area contributed by atoms with Gasteiger partial charge in [-0.15, -0.1) is 0 Å². The monoisotopic (exact) mass is 262 g/mol. The van der Waals surface area contributed by atoms with Crippen molar-refractivity contribution in [3.05, 3.63) is 23.3 Å². The van der Waals surface area contributed by atoms with Crippen LogP contribution in [0.3, 0.4) is 0 Å². The molecule has 3 rings (SSSR count). The van der Waals surface area contributed by atoms with Gasteiger partial charge < -0.3 is 14.6 Å². The molecule has 0 spiro atoms. The average Bonchev–Trinajstić information content (AvgIpc) is 3.02. The van der Waals surface area contributed by atoms with Crippen molar-refractivity contribution in [2.24, 2.45) is 5.92 Å². The Labute approximate surface area is 114 Å². The largest absolute Gasteiger partial charge is 0.496 e.